The van der Waals surface area contributed by atoms with E-state index < -0.39 is 37.3 Å². The molecule has 1 amide bonds. The lowest BCUT2D eigenvalue weighted by Crippen LogP contribution is -2.64. The summed E-state index contributed by atoms with van der Waals surface area (Å²) in [6.07, 6.45) is -3.75. The third-order valence-electron chi connectivity index (χ3n) is 3.94. The van der Waals surface area contributed by atoms with Crippen LogP contribution in [0, 0.1) is 0 Å². The third-order valence-corrected chi connectivity index (χ3v) is 3.94. The number of carbonyl (C=O) groups excluding carboxylic acids is 1. The van der Waals surface area contributed by atoms with Gasteiger partial charge in [0.25, 0.3) is 0 Å². The van der Waals surface area contributed by atoms with Crippen LogP contribution in [0.2, 0.25) is 0 Å². The van der Waals surface area contributed by atoms with Crippen molar-refractivity contribution in [3.63, 3.8) is 0 Å². The number of aliphatic hydroxyl groups excluding tert-OH is 4. The normalized spacial score (nSPS) is 30.9. The van der Waals surface area contributed by atoms with E-state index >= 15 is 0 Å². The van der Waals surface area contributed by atoms with Gasteiger partial charge in [-0.05, 0) is 18.4 Å². The van der Waals surface area contributed by atoms with E-state index in [-0.39, 0.29) is 12.3 Å². The maximum atomic E-state index is 11.9. The summed E-state index contributed by atoms with van der Waals surface area (Å²) in [4.78, 5) is 11.9. The molecular weight excluding hydrogens is 302 g/mol. The fourth-order valence-corrected chi connectivity index (χ4v) is 2.61. The second-order valence-corrected chi connectivity index (χ2v) is 5.66. The van der Waals surface area contributed by atoms with Crippen LogP contribution in [0.3, 0.4) is 0 Å². The maximum absolute atomic E-state index is 11.9. The molecule has 1 aliphatic heterocycles. The molecule has 1 heterocycles. The molecule has 0 spiro atoms. The van der Waals surface area contributed by atoms with Crippen LogP contribution < -0.4 is 5.32 Å². The lowest BCUT2D eigenvalue weighted by molar-refractivity contribution is -0.253. The van der Waals surface area contributed by atoms with E-state index in [1.807, 2.05) is 30.3 Å². The van der Waals surface area contributed by atoms with E-state index in [1.165, 1.54) is 0 Å². The van der Waals surface area contributed by atoms with Gasteiger partial charge in [-0.2, -0.15) is 0 Å². The first-order valence-corrected chi connectivity index (χ1v) is 7.66. The highest BCUT2D eigenvalue weighted by atomic mass is 16.6. The Morgan fingerprint density at radius 1 is 1.13 bits per heavy atom. The van der Waals surface area contributed by atoms with Gasteiger partial charge in [0.2, 0.25) is 5.91 Å². The van der Waals surface area contributed by atoms with Crippen LogP contribution >= 0.6 is 0 Å². The van der Waals surface area contributed by atoms with Crippen molar-refractivity contribution in [1.82, 2.24) is 5.32 Å². The van der Waals surface area contributed by atoms with Crippen LogP contribution in [0.5, 0.6) is 0 Å². The van der Waals surface area contributed by atoms with Gasteiger partial charge in [0, 0.05) is 6.42 Å². The van der Waals surface area contributed by atoms with E-state index in [1.54, 1.807) is 0 Å². The number of nitrogens with one attached hydrogen (secondary N) is 1. The fraction of sp³-hybridized carbons (Fsp3) is 0.562. The number of ether oxygens (including phenoxy) is 1. The van der Waals surface area contributed by atoms with Gasteiger partial charge < -0.3 is 30.5 Å². The third kappa shape index (κ3) is 4.73. The van der Waals surface area contributed by atoms with Gasteiger partial charge in [-0.15, -0.1) is 0 Å². The molecule has 0 aliphatic carbocycles. The van der Waals surface area contributed by atoms with Crippen LogP contribution in [0.1, 0.15) is 18.4 Å². The molecular formula is C16H23NO6. The molecule has 0 radical (unpaired) electrons. The zero-order valence-corrected chi connectivity index (χ0v) is 12.7. The molecule has 7 heteroatoms. The van der Waals surface area contributed by atoms with Crippen molar-refractivity contribution in [3.05, 3.63) is 35.9 Å². The minimum Gasteiger partial charge on any atom is -0.394 e. The number of aryl methyl sites for hydroxylation is 1. The maximum Gasteiger partial charge on any atom is 0.220 e. The van der Waals surface area contributed by atoms with E-state index in [2.05, 4.69) is 5.32 Å². The Labute approximate surface area is 134 Å². The van der Waals surface area contributed by atoms with Crippen LogP contribution in [-0.2, 0) is 16.0 Å². The summed E-state index contributed by atoms with van der Waals surface area (Å²) < 4.78 is 4.99. The molecule has 5 N–H and O–H groups in total. The fourth-order valence-electron chi connectivity index (χ4n) is 2.61. The van der Waals surface area contributed by atoms with Gasteiger partial charge in [-0.1, -0.05) is 30.3 Å². The van der Waals surface area contributed by atoms with E-state index in [9.17, 15) is 20.1 Å². The van der Waals surface area contributed by atoms with Crippen molar-refractivity contribution in [3.8, 4) is 0 Å². The average molecular weight is 325 g/mol. The first-order chi connectivity index (χ1) is 11.0. The zero-order valence-electron chi connectivity index (χ0n) is 12.7. The first-order valence-electron chi connectivity index (χ1n) is 7.66. The number of hydrogen-bond acceptors (Lipinski definition) is 6. The number of hydrogen-bond donors (Lipinski definition) is 5. The standard InChI is InChI=1S/C16H23NO6/c18-9-11-14(20)15(21)13(16(22)23-11)17-12(19)8-4-7-10-5-2-1-3-6-10/h1-3,5-6,11,13-16,18,20-22H,4,7-9H2,(H,17,19)/t11-,13-,14-,15-,16-/m1/s1. The van der Waals surface area contributed by atoms with Crippen molar-refractivity contribution in [2.75, 3.05) is 6.61 Å². The summed E-state index contributed by atoms with van der Waals surface area (Å²) in [5.74, 6) is -0.345. The Kier molecular flexibility index (Phi) is 6.49. The minimum atomic E-state index is -1.48. The monoisotopic (exact) mass is 325 g/mol. The molecule has 1 fully saturated rings. The highest BCUT2D eigenvalue weighted by Crippen LogP contribution is 2.20. The van der Waals surface area contributed by atoms with Crippen molar-refractivity contribution in [2.45, 2.75) is 49.9 Å². The van der Waals surface area contributed by atoms with Crippen LogP contribution in [-0.4, -0.2) is 63.6 Å². The quantitative estimate of drug-likeness (QED) is 0.454. The van der Waals surface area contributed by atoms with Crippen molar-refractivity contribution < 1.29 is 30.0 Å². The molecule has 0 aromatic heterocycles. The van der Waals surface area contributed by atoms with E-state index in [0.29, 0.717) is 6.42 Å². The largest absolute Gasteiger partial charge is 0.394 e. The number of amides is 1. The van der Waals surface area contributed by atoms with Crippen molar-refractivity contribution >= 4 is 5.91 Å². The SMILES string of the molecule is O=C(CCCc1ccccc1)N[C@@H]1[C@@H](O)[C@H](O)[C@@H](CO)O[C@H]1O. The summed E-state index contributed by atoms with van der Waals surface area (Å²) >= 11 is 0. The molecule has 0 saturated carbocycles. The molecule has 1 aromatic carbocycles. The number of rotatable bonds is 6. The molecule has 5 atom stereocenters. The smallest absolute Gasteiger partial charge is 0.220 e. The van der Waals surface area contributed by atoms with Gasteiger partial charge in [0.15, 0.2) is 6.29 Å². The minimum absolute atomic E-state index is 0.227. The van der Waals surface area contributed by atoms with Crippen LogP contribution in [0.15, 0.2) is 30.3 Å². The van der Waals surface area contributed by atoms with Gasteiger partial charge >= 0.3 is 0 Å². The summed E-state index contributed by atoms with van der Waals surface area (Å²) in [6.45, 7) is -0.535. The Hall–Kier alpha value is -1.51. The number of aliphatic hydroxyl groups is 4. The Balaban J connectivity index is 1.80. The second kappa shape index (κ2) is 8.37. The molecule has 2 rings (SSSR count). The summed E-state index contributed by atoms with van der Waals surface area (Å²) in [5.41, 5.74) is 1.13. The van der Waals surface area contributed by atoms with Crippen LogP contribution in [0.25, 0.3) is 0 Å². The van der Waals surface area contributed by atoms with Crippen molar-refractivity contribution in [2.24, 2.45) is 0 Å². The molecule has 23 heavy (non-hydrogen) atoms. The molecule has 1 aliphatic rings. The summed E-state index contributed by atoms with van der Waals surface area (Å²) in [6, 6.07) is 8.61. The molecule has 0 unspecified atom stereocenters. The topological polar surface area (TPSA) is 119 Å². The predicted molar refractivity (Wildman–Crippen MR) is 81.3 cm³/mol. The van der Waals surface area contributed by atoms with Gasteiger partial charge in [-0.25, -0.2) is 0 Å². The zero-order chi connectivity index (χ0) is 16.8. The van der Waals surface area contributed by atoms with E-state index in [4.69, 9.17) is 9.84 Å². The Bertz CT molecular complexity index is 497. The molecule has 0 bridgehead atoms. The summed E-state index contributed by atoms with van der Waals surface area (Å²) in [5, 5.41) is 41.0. The van der Waals surface area contributed by atoms with Gasteiger partial charge in [-0.3, -0.25) is 4.79 Å². The lowest BCUT2D eigenvalue weighted by atomic mass is 9.97. The van der Waals surface area contributed by atoms with Crippen molar-refractivity contribution in [1.29, 1.82) is 0 Å². The van der Waals surface area contributed by atoms with Gasteiger partial charge in [0.1, 0.15) is 24.4 Å². The molecule has 7 nitrogen and oxygen atoms in total. The Morgan fingerprint density at radius 2 is 1.83 bits per heavy atom. The first kappa shape index (κ1) is 17.8. The number of benzene rings is 1. The molecule has 128 valence electrons. The lowest BCUT2D eigenvalue weighted by Gasteiger charge is -2.40. The molecule has 1 saturated heterocycles. The number of carbonyl (C=O) groups is 1. The average Bonchev–Trinajstić information content (AvgIpc) is 2.56. The van der Waals surface area contributed by atoms with Crippen LogP contribution in [0.4, 0.5) is 0 Å². The molecule has 1 aromatic rings. The predicted octanol–water partition coefficient (Wildman–Crippen LogP) is -1.07. The second-order valence-electron chi connectivity index (χ2n) is 5.66. The highest BCUT2D eigenvalue weighted by Gasteiger charge is 2.44. The Morgan fingerprint density at radius 3 is 2.48 bits per heavy atom. The summed E-state index contributed by atoms with van der Waals surface area (Å²) in [7, 11) is 0. The van der Waals surface area contributed by atoms with Gasteiger partial charge in [0.05, 0.1) is 6.61 Å². The van der Waals surface area contributed by atoms with E-state index in [0.717, 1.165) is 12.0 Å². The highest BCUT2D eigenvalue weighted by molar-refractivity contribution is 5.76.